The van der Waals surface area contributed by atoms with Gasteiger partial charge in [0, 0.05) is 12.2 Å². The van der Waals surface area contributed by atoms with Crippen molar-refractivity contribution in [3.63, 3.8) is 0 Å². The Morgan fingerprint density at radius 1 is 1.07 bits per heavy atom. The van der Waals surface area contributed by atoms with Gasteiger partial charge in [0.1, 0.15) is 5.75 Å². The molecule has 0 saturated heterocycles. The number of aromatic nitrogens is 2. The third-order valence-electron chi connectivity index (χ3n) is 3.77. The molecule has 9 heteroatoms. The first-order chi connectivity index (χ1) is 14.5. The van der Waals surface area contributed by atoms with E-state index in [1.54, 1.807) is 42.5 Å². The molecule has 0 saturated carbocycles. The van der Waals surface area contributed by atoms with Crippen LogP contribution in [0, 0.1) is 0 Å². The van der Waals surface area contributed by atoms with E-state index in [2.05, 4.69) is 20.8 Å². The molecular formula is C21H19ClN4O3S. The fourth-order valence-electron chi connectivity index (χ4n) is 2.38. The molecule has 0 aliphatic heterocycles. The van der Waals surface area contributed by atoms with Gasteiger partial charge in [0.2, 0.25) is 5.01 Å². The second kappa shape index (κ2) is 10.5. The average molecular weight is 443 g/mol. The SMILES string of the molecule is CCNC(=O)COc1ccc(/C=C(\Cl)c2nnc(C(=O)Nc3ccccc3)s2)cc1. The molecule has 154 valence electrons. The van der Waals surface area contributed by atoms with Gasteiger partial charge in [-0.05, 0) is 42.8 Å². The Kier molecular flexibility index (Phi) is 7.53. The maximum absolute atomic E-state index is 12.3. The molecule has 1 aromatic heterocycles. The number of hydrogen-bond donors (Lipinski definition) is 2. The number of nitrogens with one attached hydrogen (secondary N) is 2. The molecule has 0 bridgehead atoms. The largest absolute Gasteiger partial charge is 0.484 e. The Hall–Kier alpha value is -3.23. The predicted molar refractivity (Wildman–Crippen MR) is 119 cm³/mol. The highest BCUT2D eigenvalue weighted by molar-refractivity contribution is 7.15. The van der Waals surface area contributed by atoms with Crippen LogP contribution in [0.25, 0.3) is 11.1 Å². The first kappa shape index (κ1) is 21.5. The molecule has 7 nitrogen and oxygen atoms in total. The fourth-order valence-corrected chi connectivity index (χ4v) is 3.31. The van der Waals surface area contributed by atoms with Gasteiger partial charge in [0.25, 0.3) is 11.8 Å². The van der Waals surface area contributed by atoms with Gasteiger partial charge in [0.05, 0.1) is 5.03 Å². The fraction of sp³-hybridized carbons (Fsp3) is 0.143. The normalized spacial score (nSPS) is 11.1. The zero-order valence-corrected chi connectivity index (χ0v) is 17.7. The number of hydrogen-bond acceptors (Lipinski definition) is 6. The van der Waals surface area contributed by atoms with Gasteiger partial charge in [-0.3, -0.25) is 9.59 Å². The summed E-state index contributed by atoms with van der Waals surface area (Å²) < 4.78 is 5.41. The van der Waals surface area contributed by atoms with Gasteiger partial charge in [-0.2, -0.15) is 0 Å². The van der Waals surface area contributed by atoms with E-state index in [9.17, 15) is 9.59 Å². The minimum atomic E-state index is -0.344. The standard InChI is InChI=1S/C21H19ClN4O3S/c1-2-23-18(27)13-29-16-10-8-14(9-11-16)12-17(22)20-25-26-21(30-20)19(28)24-15-6-4-3-5-7-15/h3-12H,2,13H2,1H3,(H,23,27)(H,24,28)/b17-12-. The molecule has 30 heavy (non-hydrogen) atoms. The third-order valence-corrected chi connectivity index (χ3v) is 5.13. The summed E-state index contributed by atoms with van der Waals surface area (Å²) >= 11 is 7.45. The van der Waals surface area contributed by atoms with Gasteiger partial charge >= 0.3 is 0 Å². The summed E-state index contributed by atoms with van der Waals surface area (Å²) in [6.07, 6.45) is 1.72. The second-order valence-electron chi connectivity index (χ2n) is 6.04. The van der Waals surface area contributed by atoms with Crippen molar-refractivity contribution in [1.29, 1.82) is 0 Å². The summed E-state index contributed by atoms with van der Waals surface area (Å²) in [5.74, 6) is 0.0567. The van der Waals surface area contributed by atoms with Crippen molar-refractivity contribution in [3.05, 3.63) is 70.2 Å². The van der Waals surface area contributed by atoms with E-state index in [4.69, 9.17) is 16.3 Å². The molecule has 3 rings (SSSR count). The summed E-state index contributed by atoms with van der Waals surface area (Å²) in [7, 11) is 0. The van der Waals surface area contributed by atoms with Gasteiger partial charge < -0.3 is 15.4 Å². The Morgan fingerprint density at radius 2 is 1.77 bits per heavy atom. The zero-order chi connectivity index (χ0) is 21.3. The maximum atomic E-state index is 12.3. The highest BCUT2D eigenvalue weighted by Crippen LogP contribution is 2.26. The summed E-state index contributed by atoms with van der Waals surface area (Å²) in [5.41, 5.74) is 1.49. The van der Waals surface area contributed by atoms with Crippen molar-refractivity contribution in [2.45, 2.75) is 6.92 Å². The van der Waals surface area contributed by atoms with Crippen molar-refractivity contribution >= 4 is 51.5 Å². The van der Waals surface area contributed by atoms with Crippen molar-refractivity contribution in [3.8, 4) is 5.75 Å². The number of benzene rings is 2. The van der Waals surface area contributed by atoms with Crippen LogP contribution < -0.4 is 15.4 Å². The predicted octanol–water partition coefficient (Wildman–Crippen LogP) is 4.04. The van der Waals surface area contributed by atoms with Crippen LogP contribution >= 0.6 is 22.9 Å². The van der Waals surface area contributed by atoms with Gasteiger partial charge in [-0.1, -0.05) is 53.3 Å². The lowest BCUT2D eigenvalue weighted by Crippen LogP contribution is -2.28. The van der Waals surface area contributed by atoms with Crippen LogP contribution in [0.3, 0.4) is 0 Å². The number of carbonyl (C=O) groups is 2. The molecule has 0 fully saturated rings. The van der Waals surface area contributed by atoms with Crippen LogP contribution in [-0.4, -0.2) is 35.2 Å². The van der Waals surface area contributed by atoms with Crippen LogP contribution in [0.2, 0.25) is 0 Å². The highest BCUT2D eigenvalue weighted by atomic mass is 35.5. The smallest absolute Gasteiger partial charge is 0.286 e. The minimum Gasteiger partial charge on any atom is -0.484 e. The summed E-state index contributed by atoms with van der Waals surface area (Å²) in [6, 6.07) is 16.2. The number of halogens is 1. The molecule has 0 radical (unpaired) electrons. The Morgan fingerprint density at radius 3 is 2.47 bits per heavy atom. The molecule has 2 N–H and O–H groups in total. The first-order valence-electron chi connectivity index (χ1n) is 9.12. The molecule has 0 aliphatic carbocycles. The van der Waals surface area contributed by atoms with E-state index in [0.29, 0.717) is 28.0 Å². The lowest BCUT2D eigenvalue weighted by atomic mass is 10.2. The number of anilines is 1. The molecule has 3 aromatic rings. The van der Waals surface area contributed by atoms with E-state index < -0.39 is 0 Å². The second-order valence-corrected chi connectivity index (χ2v) is 7.42. The first-order valence-corrected chi connectivity index (χ1v) is 10.3. The van der Waals surface area contributed by atoms with Crippen LogP contribution in [0.5, 0.6) is 5.75 Å². The van der Waals surface area contributed by atoms with Crippen LogP contribution in [0.15, 0.2) is 54.6 Å². The van der Waals surface area contributed by atoms with Gasteiger partial charge in [0.15, 0.2) is 11.6 Å². The van der Waals surface area contributed by atoms with E-state index in [1.165, 1.54) is 0 Å². The minimum absolute atomic E-state index is 0.0393. The highest BCUT2D eigenvalue weighted by Gasteiger charge is 2.14. The van der Waals surface area contributed by atoms with Crippen LogP contribution in [0.4, 0.5) is 5.69 Å². The molecule has 0 spiro atoms. The number of para-hydroxylation sites is 1. The Labute approximate surface area is 182 Å². The Bertz CT molecular complexity index is 1040. The van der Waals surface area contributed by atoms with Gasteiger partial charge in [-0.25, -0.2) is 0 Å². The lowest BCUT2D eigenvalue weighted by Gasteiger charge is -2.06. The molecule has 2 amide bonds. The molecule has 1 heterocycles. The Balaban J connectivity index is 1.61. The molecule has 2 aromatic carbocycles. The number of amides is 2. The summed E-state index contributed by atoms with van der Waals surface area (Å²) in [6.45, 7) is 2.37. The average Bonchev–Trinajstić information content (AvgIpc) is 3.25. The number of carbonyl (C=O) groups excluding carboxylic acids is 2. The number of nitrogens with zero attached hydrogens (tertiary/aromatic N) is 2. The van der Waals surface area contributed by atoms with E-state index in [-0.39, 0.29) is 23.4 Å². The van der Waals surface area contributed by atoms with E-state index in [1.807, 2.05) is 25.1 Å². The van der Waals surface area contributed by atoms with Crippen LogP contribution in [0.1, 0.15) is 27.3 Å². The number of likely N-dealkylation sites (N-methyl/N-ethyl adjacent to an activating group) is 1. The molecule has 0 aliphatic rings. The van der Waals surface area contributed by atoms with E-state index >= 15 is 0 Å². The summed E-state index contributed by atoms with van der Waals surface area (Å²) in [5, 5.41) is 14.4. The lowest BCUT2D eigenvalue weighted by molar-refractivity contribution is -0.122. The van der Waals surface area contributed by atoms with E-state index in [0.717, 1.165) is 16.9 Å². The quantitative estimate of drug-likeness (QED) is 0.549. The van der Waals surface area contributed by atoms with Crippen molar-refractivity contribution in [2.24, 2.45) is 0 Å². The molecule has 0 unspecified atom stereocenters. The number of ether oxygens (including phenoxy) is 1. The summed E-state index contributed by atoms with van der Waals surface area (Å²) in [4.78, 5) is 23.7. The van der Waals surface area contributed by atoms with Crippen molar-refractivity contribution in [1.82, 2.24) is 15.5 Å². The van der Waals surface area contributed by atoms with Crippen molar-refractivity contribution < 1.29 is 14.3 Å². The topological polar surface area (TPSA) is 93.2 Å². The van der Waals surface area contributed by atoms with Crippen molar-refractivity contribution in [2.75, 3.05) is 18.5 Å². The van der Waals surface area contributed by atoms with Gasteiger partial charge in [-0.15, -0.1) is 10.2 Å². The van der Waals surface area contributed by atoms with Crippen LogP contribution in [-0.2, 0) is 4.79 Å². The maximum Gasteiger partial charge on any atom is 0.286 e. The zero-order valence-electron chi connectivity index (χ0n) is 16.1. The number of rotatable bonds is 8. The molecular weight excluding hydrogens is 424 g/mol. The monoisotopic (exact) mass is 442 g/mol. The third kappa shape index (κ3) is 6.13. The molecule has 0 atom stereocenters.